The number of phenols is 1. The SMILES string of the molecule is CC(C)Br.CCOC(=O)C1(NC(=O)c2cccc(C)c2O)Cc2ccccc2C1.CCOC(=O)C1(NC(=O)c2cccc(C)c2OC(C)C)Cc2ccccc2C1.Cc1cccc(C(=O)NC2(C(=O)O)Cc3ccccc3C2)c1OC(C)C. The summed E-state index contributed by atoms with van der Waals surface area (Å²) in [6, 6.07) is 38.9. The first-order chi connectivity index (χ1) is 39.4. The molecule has 3 amide bonds. The minimum Gasteiger partial charge on any atom is -0.507 e. The number of nitrogens with one attached hydrogen (secondary N) is 3. The van der Waals surface area contributed by atoms with Crippen molar-refractivity contribution >= 4 is 51.6 Å². The summed E-state index contributed by atoms with van der Waals surface area (Å²) in [4.78, 5) is 77.2. The van der Waals surface area contributed by atoms with Gasteiger partial charge in [0.25, 0.3) is 17.7 Å². The lowest BCUT2D eigenvalue weighted by atomic mass is 9.94. The van der Waals surface area contributed by atoms with E-state index in [9.17, 15) is 39.0 Å². The molecule has 0 heterocycles. The van der Waals surface area contributed by atoms with Gasteiger partial charge in [-0.2, -0.15) is 0 Å². The minimum absolute atomic E-state index is 0.0672. The van der Waals surface area contributed by atoms with Crippen molar-refractivity contribution in [1.82, 2.24) is 16.0 Å². The minimum atomic E-state index is -1.33. The topological polar surface area (TPSA) is 216 Å². The van der Waals surface area contributed by atoms with Crippen molar-refractivity contribution in [2.24, 2.45) is 0 Å². The number of esters is 2. The van der Waals surface area contributed by atoms with Crippen molar-refractivity contribution in [3.05, 3.63) is 194 Å². The Balaban J connectivity index is 0.000000194. The van der Waals surface area contributed by atoms with E-state index >= 15 is 0 Å². The molecule has 0 aliphatic heterocycles. The molecule has 0 unspecified atom stereocenters. The molecule has 0 spiro atoms. The number of alkyl halides is 1. The van der Waals surface area contributed by atoms with E-state index in [1.807, 2.05) is 133 Å². The highest BCUT2D eigenvalue weighted by Gasteiger charge is 2.49. The third-order valence-corrected chi connectivity index (χ3v) is 14.2. The fraction of sp³-hybridized carbons (Fsp3) is 0.373. The van der Waals surface area contributed by atoms with Crippen molar-refractivity contribution in [2.45, 2.75) is 148 Å². The van der Waals surface area contributed by atoms with Crippen LogP contribution in [0.3, 0.4) is 0 Å². The maximum absolute atomic E-state index is 13.2. The summed E-state index contributed by atoms with van der Waals surface area (Å²) in [6.07, 6.45) is 1.97. The van der Waals surface area contributed by atoms with Crippen LogP contribution >= 0.6 is 15.9 Å². The molecule has 5 N–H and O–H groups in total. The number of rotatable bonds is 15. The lowest BCUT2D eigenvalue weighted by Crippen LogP contribution is -2.56. The van der Waals surface area contributed by atoms with E-state index in [1.165, 1.54) is 0 Å². The lowest BCUT2D eigenvalue weighted by molar-refractivity contribution is -0.151. The third kappa shape index (κ3) is 15.8. The van der Waals surface area contributed by atoms with Crippen LogP contribution in [0.1, 0.15) is 137 Å². The van der Waals surface area contributed by atoms with Gasteiger partial charge in [0.15, 0.2) is 0 Å². The van der Waals surface area contributed by atoms with Crippen molar-refractivity contribution in [3.8, 4) is 17.2 Å². The van der Waals surface area contributed by atoms with Crippen molar-refractivity contribution < 1.29 is 57.9 Å². The van der Waals surface area contributed by atoms with Crippen LogP contribution in [-0.4, -0.2) is 92.7 Å². The van der Waals surface area contributed by atoms with Crippen LogP contribution in [0.15, 0.2) is 127 Å². The van der Waals surface area contributed by atoms with Gasteiger partial charge in [-0.25, -0.2) is 14.4 Å². The number of aliphatic carboxylic acids is 1. The van der Waals surface area contributed by atoms with Crippen LogP contribution in [0.25, 0.3) is 0 Å². The predicted octanol–water partition coefficient (Wildman–Crippen LogP) is 11.1. The number of phenolic OH excluding ortho intramolecular Hbond substituents is 1. The summed E-state index contributed by atoms with van der Waals surface area (Å²) in [5, 5.41) is 28.6. The van der Waals surface area contributed by atoms with Gasteiger partial charge in [-0.05, 0) is 131 Å². The molecule has 0 saturated heterocycles. The van der Waals surface area contributed by atoms with Crippen LogP contribution in [0.2, 0.25) is 0 Å². The van der Waals surface area contributed by atoms with Gasteiger partial charge in [0.05, 0.1) is 42.1 Å². The molecule has 0 aromatic heterocycles. The largest absolute Gasteiger partial charge is 0.507 e. The van der Waals surface area contributed by atoms with E-state index in [4.69, 9.17) is 18.9 Å². The van der Waals surface area contributed by atoms with Gasteiger partial charge in [0, 0.05) is 43.4 Å². The Hall–Kier alpha value is -7.98. The number of para-hydroxylation sites is 3. The maximum Gasteiger partial charge on any atom is 0.332 e. The first-order valence-electron chi connectivity index (χ1n) is 28.1. The molecule has 6 aromatic rings. The molecule has 9 rings (SSSR count). The van der Waals surface area contributed by atoms with Gasteiger partial charge in [0.1, 0.15) is 33.9 Å². The number of carboxylic acid groups (broad SMARTS) is 1. The lowest BCUT2D eigenvalue weighted by Gasteiger charge is -2.28. The predicted molar refractivity (Wildman–Crippen MR) is 324 cm³/mol. The standard InChI is InChI=1S/C23H27NO4.C21H23NO4.C20H21NO4.C3H7Br/c1-5-27-22(26)23(13-17-10-6-7-11-18(17)14-23)24-21(25)19-12-8-9-16(4)20(19)28-15(2)3;1-13(2)26-18-14(3)7-6-10-17(18)19(23)22-21(20(24)25)11-15-8-4-5-9-16(15)12-21;1-3-25-19(24)20(11-14-8-4-5-9-15(14)12-20)21-18(23)16-10-6-7-13(2)17(16)22;1-3(2)4/h6-12,15H,5,13-14H2,1-4H3,(H,24,25);4-10,13H,11-12H2,1-3H3,(H,22,23)(H,24,25);4-10,22H,3,11-12H2,1-2H3,(H,21,23);3H,1-2H3. The number of aromatic hydroxyl groups is 1. The van der Waals surface area contributed by atoms with Crippen molar-refractivity contribution in [1.29, 1.82) is 0 Å². The fourth-order valence-corrected chi connectivity index (χ4v) is 10.4. The van der Waals surface area contributed by atoms with Crippen LogP contribution in [-0.2, 0) is 62.4 Å². The van der Waals surface area contributed by atoms with E-state index in [1.54, 1.807) is 57.2 Å². The number of carbonyl (C=O) groups excluding carboxylic acids is 5. The molecular formula is C67H78BrN3O12. The average Bonchev–Trinajstić information content (AvgIpc) is 2.92. The van der Waals surface area contributed by atoms with E-state index in [2.05, 4.69) is 45.7 Å². The number of halogens is 1. The summed E-state index contributed by atoms with van der Waals surface area (Å²) < 4.78 is 22.3. The number of amides is 3. The van der Waals surface area contributed by atoms with Crippen molar-refractivity contribution in [2.75, 3.05) is 13.2 Å². The highest BCUT2D eigenvalue weighted by Crippen LogP contribution is 2.36. The molecule has 0 fully saturated rings. The monoisotopic (exact) mass is 1200 g/mol. The number of benzene rings is 6. The number of aryl methyl sites for hydroxylation is 3. The van der Waals surface area contributed by atoms with Gasteiger partial charge >= 0.3 is 17.9 Å². The summed E-state index contributed by atoms with van der Waals surface area (Å²) in [7, 11) is 0. The van der Waals surface area contributed by atoms with Gasteiger partial charge in [-0.15, -0.1) is 0 Å². The van der Waals surface area contributed by atoms with Crippen LogP contribution in [0, 0.1) is 20.8 Å². The molecule has 15 nitrogen and oxygen atoms in total. The summed E-state index contributed by atoms with van der Waals surface area (Å²) in [5.41, 5.74) is 5.73. The molecule has 0 atom stereocenters. The molecule has 0 saturated carbocycles. The van der Waals surface area contributed by atoms with E-state index < -0.39 is 46.3 Å². The molecule has 3 aliphatic rings. The smallest absolute Gasteiger partial charge is 0.332 e. The van der Waals surface area contributed by atoms with E-state index in [-0.39, 0.29) is 55.5 Å². The quantitative estimate of drug-likeness (QED) is 0.0480. The highest BCUT2D eigenvalue weighted by molar-refractivity contribution is 9.09. The van der Waals surface area contributed by atoms with E-state index in [0.29, 0.717) is 58.7 Å². The zero-order valence-electron chi connectivity index (χ0n) is 49.4. The first-order valence-corrected chi connectivity index (χ1v) is 29.0. The maximum atomic E-state index is 13.2. The molecule has 0 bridgehead atoms. The van der Waals surface area contributed by atoms with Crippen LogP contribution < -0.4 is 25.4 Å². The normalized spacial score (nSPS) is 14.3. The summed E-state index contributed by atoms with van der Waals surface area (Å²) in [5.74, 6) is -2.16. The Morgan fingerprint density at radius 3 is 1.04 bits per heavy atom. The third-order valence-electron chi connectivity index (χ3n) is 14.2. The Morgan fingerprint density at radius 2 is 0.735 bits per heavy atom. The van der Waals surface area contributed by atoms with Gasteiger partial charge in [0.2, 0.25) is 0 Å². The fourth-order valence-electron chi connectivity index (χ4n) is 10.4. The van der Waals surface area contributed by atoms with Gasteiger partial charge < -0.3 is 45.1 Å². The van der Waals surface area contributed by atoms with Crippen molar-refractivity contribution in [3.63, 3.8) is 0 Å². The number of fused-ring (bicyclic) bond motifs is 3. The van der Waals surface area contributed by atoms with E-state index in [0.717, 1.165) is 44.5 Å². The second kappa shape index (κ2) is 28.3. The Bertz CT molecular complexity index is 3240. The highest BCUT2D eigenvalue weighted by atomic mass is 79.9. The van der Waals surface area contributed by atoms with Gasteiger partial charge in [-0.1, -0.05) is 139 Å². The zero-order valence-corrected chi connectivity index (χ0v) is 51.0. The second-order valence-electron chi connectivity index (χ2n) is 21.9. The summed E-state index contributed by atoms with van der Waals surface area (Å²) >= 11 is 3.27. The molecule has 83 heavy (non-hydrogen) atoms. The van der Waals surface area contributed by atoms with Gasteiger partial charge in [-0.3, -0.25) is 14.4 Å². The number of carbonyl (C=O) groups is 6. The van der Waals surface area contributed by atoms with Crippen LogP contribution in [0.5, 0.6) is 17.2 Å². The molecule has 3 aliphatic carbocycles. The molecule has 440 valence electrons. The average molecular weight is 1200 g/mol. The zero-order chi connectivity index (χ0) is 60.8. The number of carboxylic acids is 1. The molecule has 16 heteroatoms. The number of hydrogen-bond donors (Lipinski definition) is 5. The first kappa shape index (κ1) is 64.2. The Morgan fingerprint density at radius 1 is 0.458 bits per heavy atom. The van der Waals surface area contributed by atoms with Crippen LogP contribution in [0.4, 0.5) is 0 Å². The molecule has 6 aromatic carbocycles. The molecular weight excluding hydrogens is 1120 g/mol. The number of ether oxygens (including phenoxy) is 4. The summed E-state index contributed by atoms with van der Waals surface area (Å²) in [6.45, 7) is 21.3. The second-order valence-corrected chi connectivity index (χ2v) is 23.8. The molecule has 0 radical (unpaired) electrons. The number of hydrogen-bond acceptors (Lipinski definition) is 11. The Labute approximate surface area is 496 Å². The Kier molecular flexibility index (Phi) is 21.9.